The first kappa shape index (κ1) is 14.6. The Morgan fingerprint density at radius 2 is 2.00 bits per heavy atom. The summed E-state index contributed by atoms with van der Waals surface area (Å²) in [6.07, 6.45) is 3.78. The molecule has 3 rings (SSSR count). The third-order valence-corrected chi connectivity index (χ3v) is 4.43. The van der Waals surface area contributed by atoms with E-state index >= 15 is 0 Å². The molecular formula is C17H20N2O3. The average molecular weight is 300 g/mol. The van der Waals surface area contributed by atoms with E-state index in [1.165, 1.54) is 18.1 Å². The number of piperidine rings is 1. The second-order valence-corrected chi connectivity index (χ2v) is 5.70. The molecule has 116 valence electrons. The van der Waals surface area contributed by atoms with Crippen LogP contribution in [0.5, 0.6) is 0 Å². The number of rotatable bonds is 3. The molecule has 1 aromatic carbocycles. The summed E-state index contributed by atoms with van der Waals surface area (Å²) in [4.78, 5) is 28.3. The van der Waals surface area contributed by atoms with E-state index in [-0.39, 0.29) is 12.3 Å². The minimum Gasteiger partial charge on any atom is -0.469 e. The van der Waals surface area contributed by atoms with Crippen molar-refractivity contribution >= 4 is 22.8 Å². The van der Waals surface area contributed by atoms with Crippen LogP contribution in [0.25, 0.3) is 10.9 Å². The topological polar surface area (TPSA) is 62.4 Å². The Hall–Kier alpha value is -2.30. The SMILES string of the molecule is COC(=O)CC(=O)N1CCC(c2c[nH]c3ccccc23)CC1. The van der Waals surface area contributed by atoms with Gasteiger partial charge in [-0.15, -0.1) is 0 Å². The van der Waals surface area contributed by atoms with E-state index in [1.807, 2.05) is 6.07 Å². The number of aromatic amines is 1. The number of H-pyrrole nitrogens is 1. The number of carbonyl (C=O) groups excluding carboxylic acids is 2. The minimum atomic E-state index is -0.469. The van der Waals surface area contributed by atoms with Crippen molar-refractivity contribution in [2.45, 2.75) is 25.2 Å². The van der Waals surface area contributed by atoms with E-state index in [9.17, 15) is 9.59 Å². The van der Waals surface area contributed by atoms with Gasteiger partial charge >= 0.3 is 5.97 Å². The van der Waals surface area contributed by atoms with Gasteiger partial charge in [0.2, 0.25) is 5.91 Å². The van der Waals surface area contributed by atoms with Crippen LogP contribution < -0.4 is 0 Å². The van der Waals surface area contributed by atoms with Gasteiger partial charge in [-0.2, -0.15) is 0 Å². The molecule has 5 heteroatoms. The van der Waals surface area contributed by atoms with Crippen LogP contribution in [0.15, 0.2) is 30.5 Å². The maximum Gasteiger partial charge on any atom is 0.315 e. The molecule has 0 radical (unpaired) electrons. The highest BCUT2D eigenvalue weighted by atomic mass is 16.5. The molecule has 0 saturated carbocycles. The van der Waals surface area contributed by atoms with Gasteiger partial charge in [-0.25, -0.2) is 0 Å². The molecule has 1 saturated heterocycles. The maximum absolute atomic E-state index is 12.0. The molecule has 0 bridgehead atoms. The predicted octanol–water partition coefficient (Wildman–Crippen LogP) is 2.44. The summed E-state index contributed by atoms with van der Waals surface area (Å²) in [5, 5.41) is 1.27. The van der Waals surface area contributed by atoms with Crippen LogP contribution in [0.4, 0.5) is 0 Å². The Morgan fingerprint density at radius 1 is 1.27 bits per heavy atom. The van der Waals surface area contributed by atoms with Gasteiger partial charge in [-0.05, 0) is 30.4 Å². The highest BCUT2D eigenvalue weighted by Gasteiger charge is 2.26. The van der Waals surface area contributed by atoms with Gasteiger partial charge in [0.05, 0.1) is 7.11 Å². The number of ether oxygens (including phenoxy) is 1. The molecule has 1 fully saturated rings. The van der Waals surface area contributed by atoms with Crippen LogP contribution in [0.3, 0.4) is 0 Å². The van der Waals surface area contributed by atoms with Gasteiger partial charge in [-0.3, -0.25) is 9.59 Å². The van der Waals surface area contributed by atoms with E-state index in [0.29, 0.717) is 19.0 Å². The highest BCUT2D eigenvalue weighted by molar-refractivity contribution is 5.94. The fourth-order valence-electron chi connectivity index (χ4n) is 3.18. The minimum absolute atomic E-state index is 0.135. The number of hydrogen-bond acceptors (Lipinski definition) is 3. The highest BCUT2D eigenvalue weighted by Crippen LogP contribution is 2.33. The van der Waals surface area contributed by atoms with Gasteiger partial charge < -0.3 is 14.6 Å². The van der Waals surface area contributed by atoms with Crippen molar-refractivity contribution in [1.82, 2.24) is 9.88 Å². The third kappa shape index (κ3) is 2.84. The summed E-state index contributed by atoms with van der Waals surface area (Å²) in [6, 6.07) is 8.29. The third-order valence-electron chi connectivity index (χ3n) is 4.43. The van der Waals surface area contributed by atoms with Crippen LogP contribution in [0.1, 0.15) is 30.7 Å². The van der Waals surface area contributed by atoms with Crippen molar-refractivity contribution in [2.24, 2.45) is 0 Å². The molecule has 5 nitrogen and oxygen atoms in total. The lowest BCUT2D eigenvalue weighted by Crippen LogP contribution is -2.38. The monoisotopic (exact) mass is 300 g/mol. The fraction of sp³-hybridized carbons (Fsp3) is 0.412. The number of aromatic nitrogens is 1. The van der Waals surface area contributed by atoms with E-state index in [0.717, 1.165) is 18.4 Å². The molecule has 0 atom stereocenters. The van der Waals surface area contributed by atoms with E-state index in [2.05, 4.69) is 34.1 Å². The molecule has 2 aromatic rings. The van der Waals surface area contributed by atoms with Gasteiger partial charge in [0, 0.05) is 30.2 Å². The Bertz CT molecular complexity index is 684. The summed E-state index contributed by atoms with van der Waals surface area (Å²) >= 11 is 0. The number of esters is 1. The zero-order valence-corrected chi connectivity index (χ0v) is 12.7. The molecule has 1 aliphatic heterocycles. The number of fused-ring (bicyclic) bond motifs is 1. The number of nitrogens with zero attached hydrogens (tertiary/aromatic N) is 1. The Labute approximate surface area is 129 Å². The van der Waals surface area contributed by atoms with Gasteiger partial charge in [-0.1, -0.05) is 18.2 Å². The van der Waals surface area contributed by atoms with Crippen LogP contribution in [0, 0.1) is 0 Å². The Morgan fingerprint density at radius 3 is 2.73 bits per heavy atom. The molecule has 1 aromatic heterocycles. The maximum atomic E-state index is 12.0. The molecular weight excluding hydrogens is 280 g/mol. The van der Waals surface area contributed by atoms with Crippen LogP contribution in [-0.2, 0) is 14.3 Å². The zero-order valence-electron chi connectivity index (χ0n) is 12.7. The number of likely N-dealkylation sites (tertiary alicyclic amines) is 1. The van der Waals surface area contributed by atoms with Crippen molar-refractivity contribution in [1.29, 1.82) is 0 Å². The Kier molecular flexibility index (Phi) is 4.13. The molecule has 1 aliphatic rings. The molecule has 2 heterocycles. The number of para-hydroxylation sites is 1. The number of carbonyl (C=O) groups is 2. The van der Waals surface area contributed by atoms with E-state index in [1.54, 1.807) is 4.90 Å². The van der Waals surface area contributed by atoms with Gasteiger partial charge in [0.1, 0.15) is 6.42 Å². The quantitative estimate of drug-likeness (QED) is 0.699. The number of nitrogens with one attached hydrogen (secondary N) is 1. The summed E-state index contributed by atoms with van der Waals surface area (Å²) in [7, 11) is 1.30. The number of benzene rings is 1. The van der Waals surface area contributed by atoms with Crippen molar-refractivity contribution in [3.05, 3.63) is 36.0 Å². The molecule has 0 unspecified atom stereocenters. The second-order valence-electron chi connectivity index (χ2n) is 5.70. The lowest BCUT2D eigenvalue weighted by atomic mass is 9.89. The van der Waals surface area contributed by atoms with Crippen molar-refractivity contribution in [2.75, 3.05) is 20.2 Å². The molecule has 0 aliphatic carbocycles. The molecule has 22 heavy (non-hydrogen) atoms. The van der Waals surface area contributed by atoms with Crippen LogP contribution >= 0.6 is 0 Å². The van der Waals surface area contributed by atoms with E-state index < -0.39 is 5.97 Å². The van der Waals surface area contributed by atoms with Crippen molar-refractivity contribution < 1.29 is 14.3 Å². The van der Waals surface area contributed by atoms with Gasteiger partial charge in [0.15, 0.2) is 0 Å². The normalized spacial score (nSPS) is 16.0. The largest absolute Gasteiger partial charge is 0.469 e. The number of hydrogen-bond donors (Lipinski definition) is 1. The smallest absolute Gasteiger partial charge is 0.315 e. The summed E-state index contributed by atoms with van der Waals surface area (Å²) in [5.74, 6) is -0.147. The first-order chi connectivity index (χ1) is 10.7. The average Bonchev–Trinajstić information content (AvgIpc) is 2.99. The first-order valence-corrected chi connectivity index (χ1v) is 7.59. The number of methoxy groups -OCH3 is 1. The summed E-state index contributed by atoms with van der Waals surface area (Å²) in [6.45, 7) is 1.39. The van der Waals surface area contributed by atoms with Crippen molar-refractivity contribution in [3.63, 3.8) is 0 Å². The van der Waals surface area contributed by atoms with Crippen LogP contribution in [0.2, 0.25) is 0 Å². The lowest BCUT2D eigenvalue weighted by Gasteiger charge is -2.31. The second kappa shape index (κ2) is 6.22. The van der Waals surface area contributed by atoms with E-state index in [4.69, 9.17) is 0 Å². The zero-order chi connectivity index (χ0) is 15.5. The first-order valence-electron chi connectivity index (χ1n) is 7.59. The van der Waals surface area contributed by atoms with Crippen molar-refractivity contribution in [3.8, 4) is 0 Å². The molecule has 1 amide bonds. The molecule has 0 spiro atoms. The van der Waals surface area contributed by atoms with Gasteiger partial charge in [0.25, 0.3) is 0 Å². The molecule has 1 N–H and O–H groups in total. The number of amides is 1. The summed E-state index contributed by atoms with van der Waals surface area (Å²) < 4.78 is 4.55. The predicted molar refractivity (Wildman–Crippen MR) is 83.5 cm³/mol. The summed E-state index contributed by atoms with van der Waals surface area (Å²) in [5.41, 5.74) is 2.48. The Balaban J connectivity index is 1.64. The van der Waals surface area contributed by atoms with Crippen LogP contribution in [-0.4, -0.2) is 42.0 Å². The fourth-order valence-corrected chi connectivity index (χ4v) is 3.18. The lowest BCUT2D eigenvalue weighted by molar-refractivity contribution is -0.147. The standard InChI is InChI=1S/C17H20N2O3/c1-22-17(21)10-16(20)19-8-6-12(7-9-19)14-11-18-15-5-3-2-4-13(14)15/h2-5,11-12,18H,6-10H2,1H3.